The number of hydrogen-bond donors (Lipinski definition) is 2. The zero-order valence-electron chi connectivity index (χ0n) is 22.4. The van der Waals surface area contributed by atoms with Crippen molar-refractivity contribution in [2.45, 2.75) is 130 Å². The Bertz CT molecular complexity index is 569. The van der Waals surface area contributed by atoms with E-state index in [9.17, 15) is 4.79 Å². The van der Waals surface area contributed by atoms with Crippen LogP contribution in [0.5, 0.6) is 5.75 Å². The molecule has 0 aliphatic rings. The number of ether oxygens (including phenoxy) is 1. The number of unbranched alkanes of at least 4 members (excludes halogenated alkanes) is 11. The molecule has 0 aromatic heterocycles. The van der Waals surface area contributed by atoms with Gasteiger partial charge >= 0.3 is 5.97 Å². The quantitative estimate of drug-likeness (QED) is 0.202. The Labute approximate surface area is 204 Å². The lowest BCUT2D eigenvalue weighted by molar-refractivity contribution is 0.0697. The highest BCUT2D eigenvalue weighted by Crippen LogP contribution is 2.16. The third-order valence-corrected chi connectivity index (χ3v) is 5.93. The van der Waals surface area contributed by atoms with E-state index in [0.717, 1.165) is 18.7 Å². The zero-order valence-corrected chi connectivity index (χ0v) is 22.4. The highest BCUT2D eigenvalue weighted by molar-refractivity contribution is 5.87. The molecule has 1 aromatic rings. The molecule has 0 radical (unpaired) electrons. The maximum Gasteiger partial charge on any atom is 0.335 e. The first-order valence-electron chi connectivity index (χ1n) is 13.6. The number of carbonyl (C=O) groups is 1. The van der Waals surface area contributed by atoms with Gasteiger partial charge in [-0.25, -0.2) is 4.79 Å². The Morgan fingerprint density at radius 3 is 1.76 bits per heavy atom. The van der Waals surface area contributed by atoms with Crippen LogP contribution in [-0.2, 0) is 0 Å². The predicted molar refractivity (Wildman–Crippen MR) is 143 cm³/mol. The van der Waals surface area contributed by atoms with Crippen LogP contribution < -0.4 is 10.1 Å². The van der Waals surface area contributed by atoms with E-state index in [4.69, 9.17) is 9.84 Å². The maximum absolute atomic E-state index is 10.6. The van der Waals surface area contributed by atoms with Gasteiger partial charge in [0.2, 0.25) is 0 Å². The van der Waals surface area contributed by atoms with Gasteiger partial charge in [0.05, 0.1) is 12.2 Å². The molecule has 0 aliphatic heterocycles. The van der Waals surface area contributed by atoms with Gasteiger partial charge in [-0.3, -0.25) is 0 Å². The Morgan fingerprint density at radius 2 is 1.27 bits per heavy atom. The molecule has 2 N–H and O–H groups in total. The van der Waals surface area contributed by atoms with Gasteiger partial charge in [-0.15, -0.1) is 0 Å². The second kappa shape index (κ2) is 21.0. The Hall–Kier alpha value is -1.55. The molecule has 33 heavy (non-hydrogen) atoms. The molecule has 0 bridgehead atoms. The van der Waals surface area contributed by atoms with Gasteiger partial charge in [0.1, 0.15) is 5.75 Å². The van der Waals surface area contributed by atoms with E-state index in [0.29, 0.717) is 17.7 Å². The van der Waals surface area contributed by atoms with Crippen LogP contribution in [0, 0.1) is 0 Å². The normalized spacial score (nSPS) is 11.1. The number of hydrogen-bond acceptors (Lipinski definition) is 3. The lowest BCUT2D eigenvalue weighted by atomic mass is 9.96. The third-order valence-electron chi connectivity index (χ3n) is 5.93. The molecule has 0 unspecified atom stereocenters. The fourth-order valence-electron chi connectivity index (χ4n) is 3.86. The summed E-state index contributed by atoms with van der Waals surface area (Å²) in [6.07, 6.45) is 18.8. The van der Waals surface area contributed by atoms with Crippen molar-refractivity contribution in [3.05, 3.63) is 29.8 Å². The SMILES string of the molecule is CCCCCCCCCCCC(C)(C)NCC.CCCCCCOc1ccc(C(=O)O)cc1. The summed E-state index contributed by atoms with van der Waals surface area (Å²) in [5, 5.41) is 12.3. The van der Waals surface area contributed by atoms with E-state index in [1.54, 1.807) is 24.3 Å². The Morgan fingerprint density at radius 1 is 0.788 bits per heavy atom. The molecule has 0 atom stereocenters. The minimum Gasteiger partial charge on any atom is -0.494 e. The maximum atomic E-state index is 10.6. The summed E-state index contributed by atoms with van der Waals surface area (Å²) in [5.74, 6) is -0.170. The monoisotopic (exact) mass is 463 g/mol. The van der Waals surface area contributed by atoms with Crippen LogP contribution in [0.2, 0.25) is 0 Å². The van der Waals surface area contributed by atoms with E-state index < -0.39 is 5.97 Å². The van der Waals surface area contributed by atoms with Crippen LogP contribution in [0.4, 0.5) is 0 Å². The van der Waals surface area contributed by atoms with E-state index >= 15 is 0 Å². The highest BCUT2D eigenvalue weighted by Gasteiger charge is 2.14. The van der Waals surface area contributed by atoms with Gasteiger partial charge in [0.25, 0.3) is 0 Å². The van der Waals surface area contributed by atoms with Crippen molar-refractivity contribution in [3.63, 3.8) is 0 Å². The molecule has 0 saturated carbocycles. The van der Waals surface area contributed by atoms with Gasteiger partial charge in [-0.1, -0.05) is 97.8 Å². The van der Waals surface area contributed by atoms with Gasteiger partial charge in [0.15, 0.2) is 0 Å². The minimum absolute atomic E-state index is 0.290. The summed E-state index contributed by atoms with van der Waals surface area (Å²) in [6.45, 7) is 13.1. The standard InChI is InChI=1S/C16H35N.C13H18O3/c1-5-7-8-9-10-11-12-13-14-15-16(3,4)17-6-2;1-2-3-4-5-10-16-12-8-6-11(7-9-12)13(14)15/h17H,5-15H2,1-4H3;6-9H,2-5,10H2,1H3,(H,14,15). The molecule has 4 heteroatoms. The lowest BCUT2D eigenvalue weighted by Gasteiger charge is -2.25. The van der Waals surface area contributed by atoms with E-state index in [2.05, 4.69) is 39.9 Å². The Balaban J connectivity index is 0.000000621. The summed E-state index contributed by atoms with van der Waals surface area (Å²) >= 11 is 0. The van der Waals surface area contributed by atoms with Crippen LogP contribution in [0.15, 0.2) is 24.3 Å². The fourth-order valence-corrected chi connectivity index (χ4v) is 3.86. The Kier molecular flexibility index (Phi) is 20.0. The van der Waals surface area contributed by atoms with Crippen LogP contribution in [0.1, 0.15) is 135 Å². The highest BCUT2D eigenvalue weighted by atomic mass is 16.5. The summed E-state index contributed by atoms with van der Waals surface area (Å²) in [4.78, 5) is 10.6. The predicted octanol–water partition coefficient (Wildman–Crippen LogP) is 8.64. The first-order valence-corrected chi connectivity index (χ1v) is 13.6. The molecule has 4 nitrogen and oxygen atoms in total. The van der Waals surface area contributed by atoms with Crippen molar-refractivity contribution in [1.29, 1.82) is 0 Å². The number of nitrogens with one attached hydrogen (secondary N) is 1. The van der Waals surface area contributed by atoms with Crippen LogP contribution in [0.25, 0.3) is 0 Å². The van der Waals surface area contributed by atoms with Crippen molar-refractivity contribution >= 4 is 5.97 Å². The molecular formula is C29H53NO3. The summed E-state index contributed by atoms with van der Waals surface area (Å²) in [5.41, 5.74) is 0.633. The molecule has 0 spiro atoms. The van der Waals surface area contributed by atoms with E-state index in [1.165, 1.54) is 83.5 Å². The van der Waals surface area contributed by atoms with E-state index in [-0.39, 0.29) is 0 Å². The second-order valence-electron chi connectivity index (χ2n) is 9.73. The minimum atomic E-state index is -0.908. The average molecular weight is 464 g/mol. The van der Waals surface area contributed by atoms with Gasteiger partial charge in [-0.2, -0.15) is 0 Å². The molecule has 0 heterocycles. The topological polar surface area (TPSA) is 58.6 Å². The van der Waals surface area contributed by atoms with E-state index in [1.807, 2.05) is 0 Å². The third kappa shape index (κ3) is 19.6. The van der Waals surface area contributed by atoms with Crippen molar-refractivity contribution in [2.24, 2.45) is 0 Å². The molecule has 1 aromatic carbocycles. The number of carboxylic acid groups (broad SMARTS) is 1. The number of benzene rings is 1. The average Bonchev–Trinajstić information content (AvgIpc) is 2.78. The zero-order chi connectivity index (χ0) is 24.8. The lowest BCUT2D eigenvalue weighted by Crippen LogP contribution is -2.38. The molecule has 0 aliphatic carbocycles. The molecule has 1 rings (SSSR count). The molecule has 0 amide bonds. The summed E-state index contributed by atoms with van der Waals surface area (Å²) in [6, 6.07) is 6.51. The summed E-state index contributed by atoms with van der Waals surface area (Å²) in [7, 11) is 0. The van der Waals surface area contributed by atoms with Crippen LogP contribution in [-0.4, -0.2) is 29.8 Å². The van der Waals surface area contributed by atoms with Gasteiger partial charge in [-0.05, 0) is 57.5 Å². The molecule has 0 saturated heterocycles. The number of aromatic carboxylic acids is 1. The smallest absolute Gasteiger partial charge is 0.335 e. The van der Waals surface area contributed by atoms with Gasteiger partial charge < -0.3 is 15.2 Å². The molecular weight excluding hydrogens is 410 g/mol. The van der Waals surface area contributed by atoms with Crippen molar-refractivity contribution in [1.82, 2.24) is 5.32 Å². The molecule has 0 fully saturated rings. The van der Waals surface area contributed by atoms with Crippen LogP contribution in [0.3, 0.4) is 0 Å². The number of carboxylic acids is 1. The van der Waals surface area contributed by atoms with Gasteiger partial charge in [0, 0.05) is 5.54 Å². The van der Waals surface area contributed by atoms with Crippen molar-refractivity contribution in [3.8, 4) is 5.75 Å². The summed E-state index contributed by atoms with van der Waals surface area (Å²) < 4.78 is 5.49. The fraction of sp³-hybridized carbons (Fsp3) is 0.759. The molecule has 192 valence electrons. The largest absolute Gasteiger partial charge is 0.494 e. The first-order chi connectivity index (χ1) is 15.9. The van der Waals surface area contributed by atoms with Crippen molar-refractivity contribution < 1.29 is 14.6 Å². The van der Waals surface area contributed by atoms with Crippen molar-refractivity contribution in [2.75, 3.05) is 13.2 Å². The second-order valence-corrected chi connectivity index (χ2v) is 9.73. The number of rotatable bonds is 19. The van der Waals surface area contributed by atoms with Crippen LogP contribution >= 0.6 is 0 Å². The first kappa shape index (κ1) is 31.4.